The number of oxime groups is 2. The van der Waals surface area contributed by atoms with Crippen LogP contribution in [-0.4, -0.2) is 41.1 Å². The minimum absolute atomic E-state index is 0. The molecule has 230 valence electrons. The van der Waals surface area contributed by atoms with Crippen molar-refractivity contribution in [1.29, 1.82) is 0 Å². The first-order chi connectivity index (χ1) is 19.8. The second-order valence-corrected chi connectivity index (χ2v) is 11.5. The van der Waals surface area contributed by atoms with E-state index < -0.39 is 15.8 Å². The third kappa shape index (κ3) is 9.60. The van der Waals surface area contributed by atoms with E-state index in [9.17, 15) is 13.5 Å². The van der Waals surface area contributed by atoms with Gasteiger partial charge >= 0.3 is 0 Å². The van der Waals surface area contributed by atoms with Gasteiger partial charge in [-0.3, -0.25) is 0 Å². The molecule has 2 heterocycles. The van der Waals surface area contributed by atoms with Crippen LogP contribution in [0, 0.1) is 13.8 Å². The minimum Gasteiger partial charge on any atom is -0.411 e. The van der Waals surface area contributed by atoms with Crippen molar-refractivity contribution in [2.45, 2.75) is 65.1 Å². The molecule has 2 unspecified atom stereocenters. The van der Waals surface area contributed by atoms with Crippen LogP contribution < -0.4 is 5.14 Å². The Bertz CT molecular complexity index is 1600. The van der Waals surface area contributed by atoms with Crippen LogP contribution in [0.25, 0.3) is 11.1 Å². The van der Waals surface area contributed by atoms with Gasteiger partial charge in [-0.05, 0) is 56.5 Å². The van der Waals surface area contributed by atoms with E-state index >= 15 is 0 Å². The number of rotatable bonds is 5. The fourth-order valence-electron chi connectivity index (χ4n) is 4.49. The molecule has 5 rings (SSSR count). The summed E-state index contributed by atoms with van der Waals surface area (Å²) in [5.41, 5.74) is 6.24. The molecule has 3 aromatic carbocycles. The number of hydrogen-bond acceptors (Lipinski definition) is 9. The van der Waals surface area contributed by atoms with Crippen LogP contribution in [0.5, 0.6) is 0 Å². The fourth-order valence-corrected chi connectivity index (χ4v) is 5.00. The molecular formula is C32H40N4O6S. The van der Waals surface area contributed by atoms with Gasteiger partial charge in [0.15, 0.2) is 0 Å². The molecular weight excluding hydrogens is 568 g/mol. The fraction of sp³-hybridized carbons (Fsp3) is 0.281. The number of aliphatic hydroxyl groups is 1. The number of aromatic nitrogens is 1. The molecule has 11 heteroatoms. The summed E-state index contributed by atoms with van der Waals surface area (Å²) >= 11 is 0. The minimum atomic E-state index is -3.65. The monoisotopic (exact) mass is 608 g/mol. The number of nitrogens with zero attached hydrogens (tertiary/aromatic N) is 3. The van der Waals surface area contributed by atoms with E-state index in [4.69, 9.17) is 19.7 Å². The molecule has 1 aliphatic rings. The lowest BCUT2D eigenvalue weighted by atomic mass is 9.88. The van der Waals surface area contributed by atoms with Crippen molar-refractivity contribution in [3.63, 3.8) is 0 Å². The highest BCUT2D eigenvalue weighted by atomic mass is 32.2. The van der Waals surface area contributed by atoms with E-state index in [0.29, 0.717) is 5.76 Å². The molecule has 0 saturated heterocycles. The summed E-state index contributed by atoms with van der Waals surface area (Å²) in [7, 11) is -3.65. The Morgan fingerprint density at radius 3 is 1.98 bits per heavy atom. The molecule has 4 N–H and O–H groups in total. The number of aryl methyl sites for hydroxylation is 2. The third-order valence-electron chi connectivity index (χ3n) is 6.44. The van der Waals surface area contributed by atoms with Gasteiger partial charge < -0.3 is 19.7 Å². The van der Waals surface area contributed by atoms with Crippen LogP contribution in [0.1, 0.15) is 56.7 Å². The molecule has 0 amide bonds. The van der Waals surface area contributed by atoms with E-state index in [1.807, 2.05) is 81.4 Å². The Balaban J connectivity index is 0.000000228. The summed E-state index contributed by atoms with van der Waals surface area (Å²) in [4.78, 5) is 5.05. The molecule has 2 atom stereocenters. The highest BCUT2D eigenvalue weighted by Gasteiger charge is 2.42. The Morgan fingerprint density at radius 2 is 1.53 bits per heavy atom. The van der Waals surface area contributed by atoms with Gasteiger partial charge in [0, 0.05) is 18.9 Å². The number of benzene rings is 3. The number of primary sulfonamides is 1. The number of hydrogen-bond donors (Lipinski definition) is 3. The summed E-state index contributed by atoms with van der Waals surface area (Å²) in [6, 6.07) is 26.0. The van der Waals surface area contributed by atoms with Gasteiger partial charge in [0.05, 0.1) is 27.9 Å². The Morgan fingerprint density at radius 1 is 0.977 bits per heavy atom. The topological polar surface area (TPSA) is 161 Å². The first-order valence-electron chi connectivity index (χ1n) is 13.1. The number of sulfonamides is 1. The molecule has 1 aliphatic heterocycles. The highest BCUT2D eigenvalue weighted by molar-refractivity contribution is 7.89. The first-order valence-corrected chi connectivity index (χ1v) is 14.7. The van der Waals surface area contributed by atoms with Gasteiger partial charge in [0.25, 0.3) is 0 Å². The van der Waals surface area contributed by atoms with Crippen LogP contribution in [-0.2, 0) is 21.3 Å². The van der Waals surface area contributed by atoms with E-state index in [1.54, 1.807) is 26.0 Å². The third-order valence-corrected chi connectivity index (χ3v) is 7.37. The van der Waals surface area contributed by atoms with Crippen molar-refractivity contribution in [3.8, 4) is 11.1 Å². The van der Waals surface area contributed by atoms with Crippen molar-refractivity contribution in [2.75, 3.05) is 0 Å². The number of nitrogens with two attached hydrogens (primary N) is 1. The summed E-state index contributed by atoms with van der Waals surface area (Å²) in [5.74, 6) is -0.680. The highest BCUT2D eigenvalue weighted by Crippen LogP contribution is 2.35. The molecule has 4 aromatic rings. The molecule has 0 radical (unpaired) electrons. The molecule has 43 heavy (non-hydrogen) atoms. The molecule has 0 spiro atoms. The first kappa shape index (κ1) is 34.9. The molecule has 0 aliphatic carbocycles. The summed E-state index contributed by atoms with van der Waals surface area (Å²) in [6.07, 6.45) is 0.720. The van der Waals surface area contributed by atoms with Crippen LogP contribution in [0.15, 0.2) is 105 Å². The van der Waals surface area contributed by atoms with Crippen molar-refractivity contribution >= 4 is 21.4 Å². The predicted octanol–water partition coefficient (Wildman–Crippen LogP) is 6.21. The van der Waals surface area contributed by atoms with Gasteiger partial charge in [-0.15, -0.1) is 0 Å². The van der Waals surface area contributed by atoms with Crippen molar-refractivity contribution in [2.24, 2.45) is 15.5 Å². The molecule has 0 bridgehead atoms. The predicted molar refractivity (Wildman–Crippen MR) is 169 cm³/mol. The van der Waals surface area contributed by atoms with Crippen molar-refractivity contribution < 1.29 is 28.1 Å². The SMILES string of the molecule is C.C/C(Cc1ccccc1)=N\O.CC1=NOC(C)(O)C1c1ccccc1.Cc1noc(C)c1-c1ccc(S(N)(=O)=O)cc1. The Kier molecular flexibility index (Phi) is 12.4. The standard InChI is InChI=1S/C11H12N2O3S.C11H13NO2.C9H11NO.CH4/c1-7-11(8(2)16-13-7)9-3-5-10(6-4-9)17(12,14)15;1-8-10(11(2,13)14-12-8)9-6-4-3-5-7-9;1-8(10-11)7-9-5-3-2-4-6-9;/h3-6H,1-2H3,(H2,12,14,15);3-7,10,13H,1-2H3;2-6,11H,7H2,1H3;1H4/b;;10-8+;. The van der Waals surface area contributed by atoms with Gasteiger partial charge in [0.1, 0.15) is 5.76 Å². The van der Waals surface area contributed by atoms with Gasteiger partial charge in [-0.1, -0.05) is 95.7 Å². The van der Waals surface area contributed by atoms with E-state index in [1.165, 1.54) is 17.7 Å². The summed E-state index contributed by atoms with van der Waals surface area (Å²) in [6.45, 7) is 8.93. The molecule has 1 aromatic heterocycles. The van der Waals surface area contributed by atoms with E-state index in [2.05, 4.69) is 15.5 Å². The lowest BCUT2D eigenvalue weighted by Gasteiger charge is -2.23. The lowest BCUT2D eigenvalue weighted by molar-refractivity contribution is -0.179. The maximum absolute atomic E-state index is 11.1. The molecule has 0 saturated carbocycles. The summed E-state index contributed by atoms with van der Waals surface area (Å²) < 4.78 is 27.3. The normalized spacial score (nSPS) is 17.7. The van der Waals surface area contributed by atoms with E-state index in [0.717, 1.165) is 40.2 Å². The zero-order valence-corrected chi connectivity index (χ0v) is 25.0. The van der Waals surface area contributed by atoms with Crippen molar-refractivity contribution in [3.05, 3.63) is 108 Å². The Labute approximate surface area is 253 Å². The van der Waals surface area contributed by atoms with Crippen LogP contribution in [0.2, 0.25) is 0 Å². The maximum Gasteiger partial charge on any atom is 0.243 e. The second kappa shape index (κ2) is 15.2. The zero-order chi connectivity index (χ0) is 30.9. The average Bonchev–Trinajstić information content (AvgIpc) is 3.45. The maximum atomic E-state index is 11.1. The van der Waals surface area contributed by atoms with Crippen LogP contribution >= 0.6 is 0 Å². The Hall–Kier alpha value is -4.32. The van der Waals surface area contributed by atoms with E-state index in [-0.39, 0.29) is 18.2 Å². The molecule has 10 nitrogen and oxygen atoms in total. The van der Waals surface area contributed by atoms with Gasteiger partial charge in [-0.25, -0.2) is 13.6 Å². The molecule has 0 fully saturated rings. The smallest absolute Gasteiger partial charge is 0.243 e. The van der Waals surface area contributed by atoms with Crippen molar-refractivity contribution in [1.82, 2.24) is 5.16 Å². The second-order valence-electron chi connectivity index (χ2n) is 9.99. The quantitative estimate of drug-likeness (QED) is 0.138. The zero-order valence-electron chi connectivity index (χ0n) is 24.2. The van der Waals surface area contributed by atoms with Gasteiger partial charge in [-0.2, -0.15) is 0 Å². The summed E-state index contributed by atoms with van der Waals surface area (Å²) in [5, 5.41) is 34.1. The van der Waals surface area contributed by atoms with Crippen LogP contribution in [0.4, 0.5) is 0 Å². The lowest BCUT2D eigenvalue weighted by Crippen LogP contribution is -2.32. The average molecular weight is 609 g/mol. The largest absolute Gasteiger partial charge is 0.411 e. The van der Waals surface area contributed by atoms with Crippen LogP contribution in [0.3, 0.4) is 0 Å². The van der Waals surface area contributed by atoms with Gasteiger partial charge in [0.2, 0.25) is 15.8 Å².